The molecule has 54 valence electrons. The second-order valence-corrected chi connectivity index (χ2v) is 7.96. The monoisotopic (exact) mass is 260 g/mol. The molecular formula is C8H10AsBr. The van der Waals surface area contributed by atoms with Crippen LogP contribution in [0, 0.1) is 0 Å². The molecule has 0 aliphatic heterocycles. The van der Waals surface area contributed by atoms with Gasteiger partial charge in [-0.2, -0.15) is 0 Å². The Bertz CT molecular complexity index is 220. The van der Waals surface area contributed by atoms with Crippen LogP contribution in [0.2, 0.25) is 11.4 Å². The number of rotatable bonds is 1. The average Bonchev–Trinajstić information content (AvgIpc) is 1.88. The average molecular weight is 261 g/mol. The first-order valence-corrected chi connectivity index (χ1v) is 8.62. The Hall–Kier alpha value is 0.258. The fourth-order valence-corrected chi connectivity index (χ4v) is 4.80. The van der Waals surface area contributed by atoms with E-state index in [0.29, 0.717) is 0 Å². The third kappa shape index (κ3) is 1.87. The summed E-state index contributed by atoms with van der Waals surface area (Å²) >= 11 is 2.86. The summed E-state index contributed by atoms with van der Waals surface area (Å²) in [6.07, 6.45) is 0. The van der Waals surface area contributed by atoms with E-state index in [0.717, 1.165) is 0 Å². The Morgan fingerprint density at radius 1 is 1.20 bits per heavy atom. The molecule has 0 nitrogen and oxygen atoms in total. The van der Waals surface area contributed by atoms with Crippen molar-refractivity contribution in [3.05, 3.63) is 28.7 Å². The predicted octanol–water partition coefficient (Wildman–Crippen LogP) is 2.41. The van der Waals surface area contributed by atoms with Gasteiger partial charge in [0.25, 0.3) is 0 Å². The van der Waals surface area contributed by atoms with E-state index in [9.17, 15) is 0 Å². The Kier molecular flexibility index (Phi) is 3.00. The van der Waals surface area contributed by atoms with Crippen LogP contribution in [0.4, 0.5) is 0 Å². The fraction of sp³-hybridized carbons (Fsp3) is 0.250. The minimum absolute atomic E-state index is 0.676. The van der Waals surface area contributed by atoms with Crippen molar-refractivity contribution in [2.24, 2.45) is 0 Å². The molecular weight excluding hydrogens is 251 g/mol. The SMILES string of the molecule is C[As](C)c1ccccc1Br. The third-order valence-electron chi connectivity index (χ3n) is 1.33. The summed E-state index contributed by atoms with van der Waals surface area (Å²) in [4.78, 5) is 0. The molecule has 1 rings (SSSR count). The molecule has 0 atom stereocenters. The van der Waals surface area contributed by atoms with Crippen LogP contribution in [0.3, 0.4) is 0 Å². The molecule has 2 heteroatoms. The summed E-state index contributed by atoms with van der Waals surface area (Å²) in [6.45, 7) is 0. The van der Waals surface area contributed by atoms with Crippen molar-refractivity contribution >= 4 is 34.9 Å². The van der Waals surface area contributed by atoms with Crippen molar-refractivity contribution in [2.75, 3.05) is 0 Å². The van der Waals surface area contributed by atoms with Gasteiger partial charge in [0.15, 0.2) is 0 Å². The molecule has 0 saturated carbocycles. The van der Waals surface area contributed by atoms with Crippen LogP contribution in [0.5, 0.6) is 0 Å². The standard InChI is InChI=1S/C8H10AsBr/c1-9(2)7-5-3-4-6-8(7)10/h3-6H,1-2H3. The normalized spacial score (nSPS) is 10.4. The van der Waals surface area contributed by atoms with Gasteiger partial charge in [-0.1, -0.05) is 0 Å². The third-order valence-corrected chi connectivity index (χ3v) is 5.53. The number of hydrogen-bond acceptors (Lipinski definition) is 0. The molecule has 1 aromatic carbocycles. The van der Waals surface area contributed by atoms with Crippen molar-refractivity contribution in [1.82, 2.24) is 0 Å². The van der Waals surface area contributed by atoms with E-state index in [1.165, 1.54) is 8.82 Å². The molecule has 0 aliphatic carbocycles. The van der Waals surface area contributed by atoms with Gasteiger partial charge in [0.1, 0.15) is 0 Å². The van der Waals surface area contributed by atoms with Crippen LogP contribution in [-0.2, 0) is 0 Å². The predicted molar refractivity (Wildman–Crippen MR) is 51.3 cm³/mol. The van der Waals surface area contributed by atoms with Gasteiger partial charge in [-0.25, -0.2) is 0 Å². The maximum absolute atomic E-state index is 3.53. The van der Waals surface area contributed by atoms with Gasteiger partial charge in [0.05, 0.1) is 0 Å². The van der Waals surface area contributed by atoms with E-state index in [1.54, 1.807) is 0 Å². The molecule has 0 aromatic heterocycles. The van der Waals surface area contributed by atoms with E-state index >= 15 is 0 Å². The molecule has 0 unspecified atom stereocenters. The minimum atomic E-state index is -0.676. The summed E-state index contributed by atoms with van der Waals surface area (Å²) < 4.78 is 2.80. The van der Waals surface area contributed by atoms with E-state index in [-0.39, 0.29) is 0 Å². The van der Waals surface area contributed by atoms with Gasteiger partial charge < -0.3 is 0 Å². The molecule has 0 N–H and O–H groups in total. The Labute approximate surface area is 75.0 Å². The fourth-order valence-electron chi connectivity index (χ4n) is 0.814. The zero-order valence-electron chi connectivity index (χ0n) is 6.13. The van der Waals surface area contributed by atoms with Crippen molar-refractivity contribution in [1.29, 1.82) is 0 Å². The number of hydrogen-bond donors (Lipinski definition) is 0. The molecule has 0 fully saturated rings. The van der Waals surface area contributed by atoms with Gasteiger partial charge in [0.2, 0.25) is 0 Å². The van der Waals surface area contributed by atoms with Crippen molar-refractivity contribution < 1.29 is 0 Å². The van der Waals surface area contributed by atoms with Crippen molar-refractivity contribution in [3.8, 4) is 0 Å². The van der Waals surface area contributed by atoms with Crippen molar-refractivity contribution in [3.63, 3.8) is 0 Å². The maximum atomic E-state index is 3.53. The molecule has 1 aromatic rings. The van der Waals surface area contributed by atoms with Crippen LogP contribution in [-0.4, -0.2) is 14.7 Å². The molecule has 0 spiro atoms. The molecule has 10 heavy (non-hydrogen) atoms. The van der Waals surface area contributed by atoms with Crippen LogP contribution in [0.15, 0.2) is 28.7 Å². The number of halogens is 1. The summed E-state index contributed by atoms with van der Waals surface area (Å²) in [5, 5.41) is 0. The summed E-state index contributed by atoms with van der Waals surface area (Å²) in [5.41, 5.74) is 4.68. The van der Waals surface area contributed by atoms with E-state index in [1.807, 2.05) is 0 Å². The Balaban J connectivity index is 3.03. The molecule has 0 radical (unpaired) electrons. The molecule has 0 bridgehead atoms. The van der Waals surface area contributed by atoms with E-state index in [4.69, 9.17) is 0 Å². The van der Waals surface area contributed by atoms with Gasteiger partial charge >= 0.3 is 75.1 Å². The van der Waals surface area contributed by atoms with E-state index in [2.05, 4.69) is 51.6 Å². The van der Waals surface area contributed by atoms with Gasteiger partial charge in [0, 0.05) is 0 Å². The first-order chi connectivity index (χ1) is 4.72. The summed E-state index contributed by atoms with van der Waals surface area (Å²) in [5.74, 6) is 0. The summed E-state index contributed by atoms with van der Waals surface area (Å²) in [7, 11) is 0. The van der Waals surface area contributed by atoms with Gasteiger partial charge in [-0.3, -0.25) is 0 Å². The second-order valence-electron chi connectivity index (χ2n) is 2.35. The number of benzene rings is 1. The van der Waals surface area contributed by atoms with Gasteiger partial charge in [-0.15, -0.1) is 0 Å². The Morgan fingerprint density at radius 3 is 2.20 bits per heavy atom. The zero-order chi connectivity index (χ0) is 7.56. The van der Waals surface area contributed by atoms with Crippen LogP contribution in [0.1, 0.15) is 0 Å². The first kappa shape index (κ1) is 8.36. The van der Waals surface area contributed by atoms with Crippen LogP contribution in [0.25, 0.3) is 0 Å². The van der Waals surface area contributed by atoms with Crippen LogP contribution >= 0.6 is 15.9 Å². The second kappa shape index (κ2) is 3.59. The topological polar surface area (TPSA) is 0 Å². The molecule has 0 saturated heterocycles. The van der Waals surface area contributed by atoms with Crippen LogP contribution < -0.4 is 4.35 Å². The zero-order valence-corrected chi connectivity index (χ0v) is 9.60. The Morgan fingerprint density at radius 2 is 1.80 bits per heavy atom. The molecule has 0 aliphatic rings. The van der Waals surface area contributed by atoms with Crippen molar-refractivity contribution in [2.45, 2.75) is 11.4 Å². The molecule has 0 heterocycles. The van der Waals surface area contributed by atoms with Gasteiger partial charge in [-0.05, 0) is 0 Å². The quantitative estimate of drug-likeness (QED) is 0.681. The van der Waals surface area contributed by atoms with E-state index < -0.39 is 14.7 Å². The summed E-state index contributed by atoms with van der Waals surface area (Å²) in [6, 6.07) is 8.49. The molecule has 0 amide bonds. The first-order valence-electron chi connectivity index (χ1n) is 3.13.